The van der Waals surface area contributed by atoms with Crippen LogP contribution in [0.15, 0.2) is 84.9 Å². The van der Waals surface area contributed by atoms with Gasteiger partial charge in [0.15, 0.2) is 6.61 Å². The maximum absolute atomic E-state index is 12.9. The molecule has 33 heavy (non-hydrogen) atoms. The average Bonchev–Trinajstić information content (AvgIpc) is 2.85. The van der Waals surface area contributed by atoms with Crippen LogP contribution in [0.5, 0.6) is 0 Å². The highest BCUT2D eigenvalue weighted by molar-refractivity contribution is 5.96. The van der Waals surface area contributed by atoms with Crippen molar-refractivity contribution in [2.75, 3.05) is 25.0 Å². The third-order valence-corrected chi connectivity index (χ3v) is 5.31. The molecule has 0 heterocycles. The Morgan fingerprint density at radius 3 is 1.79 bits per heavy atom. The first-order valence-corrected chi connectivity index (χ1v) is 11.0. The van der Waals surface area contributed by atoms with Crippen LogP contribution in [0.4, 0.5) is 5.69 Å². The fourth-order valence-electron chi connectivity index (χ4n) is 3.56. The first-order valence-electron chi connectivity index (χ1n) is 11.0. The van der Waals surface area contributed by atoms with Crippen LogP contribution in [0, 0.1) is 0 Å². The topological polar surface area (TPSA) is 75.7 Å². The van der Waals surface area contributed by atoms with Gasteiger partial charge < -0.3 is 15.0 Å². The number of esters is 1. The van der Waals surface area contributed by atoms with Gasteiger partial charge in [-0.05, 0) is 49.2 Å². The zero-order chi connectivity index (χ0) is 23.6. The summed E-state index contributed by atoms with van der Waals surface area (Å²) in [6.45, 7) is 4.71. The number of carbonyl (C=O) groups is 3. The summed E-state index contributed by atoms with van der Waals surface area (Å²) < 4.78 is 5.36. The maximum Gasteiger partial charge on any atom is 0.318 e. The minimum atomic E-state index is -0.620. The molecule has 0 bridgehead atoms. The van der Waals surface area contributed by atoms with E-state index in [4.69, 9.17) is 4.74 Å². The van der Waals surface area contributed by atoms with Crippen molar-refractivity contribution in [3.05, 3.63) is 102 Å². The monoisotopic (exact) mass is 444 g/mol. The molecule has 0 spiro atoms. The van der Waals surface area contributed by atoms with E-state index in [9.17, 15) is 14.4 Å². The number of hydrogen-bond acceptors (Lipinski definition) is 4. The van der Waals surface area contributed by atoms with Crippen LogP contribution in [-0.2, 0) is 14.3 Å². The molecule has 1 N–H and O–H groups in total. The van der Waals surface area contributed by atoms with E-state index >= 15 is 0 Å². The van der Waals surface area contributed by atoms with Crippen molar-refractivity contribution in [2.45, 2.75) is 19.8 Å². The van der Waals surface area contributed by atoms with E-state index in [1.54, 1.807) is 29.2 Å². The van der Waals surface area contributed by atoms with Crippen molar-refractivity contribution in [3.8, 4) is 0 Å². The SMILES string of the molecule is CCN(CC)C(=O)c1ccc(NC(=O)COC(=O)C(c2ccccc2)c2ccccc2)cc1. The van der Waals surface area contributed by atoms with Crippen molar-refractivity contribution >= 4 is 23.5 Å². The molecule has 0 aliphatic rings. The number of ether oxygens (including phenoxy) is 1. The second-order valence-corrected chi connectivity index (χ2v) is 7.47. The Morgan fingerprint density at radius 2 is 1.30 bits per heavy atom. The van der Waals surface area contributed by atoms with E-state index in [2.05, 4.69) is 5.32 Å². The Labute approximate surface area is 194 Å². The van der Waals surface area contributed by atoms with Gasteiger partial charge >= 0.3 is 5.97 Å². The van der Waals surface area contributed by atoms with Gasteiger partial charge in [0.1, 0.15) is 5.92 Å². The van der Waals surface area contributed by atoms with Crippen LogP contribution in [0.2, 0.25) is 0 Å². The van der Waals surface area contributed by atoms with Gasteiger partial charge in [-0.25, -0.2) is 0 Å². The fraction of sp³-hybridized carbons (Fsp3) is 0.222. The number of carbonyl (C=O) groups excluding carboxylic acids is 3. The molecule has 0 atom stereocenters. The Kier molecular flexibility index (Phi) is 8.36. The summed E-state index contributed by atoms with van der Waals surface area (Å²) in [5.74, 6) is -1.63. The highest BCUT2D eigenvalue weighted by Gasteiger charge is 2.24. The molecule has 0 fully saturated rings. The molecule has 3 aromatic rings. The van der Waals surface area contributed by atoms with Crippen LogP contribution in [0.1, 0.15) is 41.3 Å². The van der Waals surface area contributed by atoms with Gasteiger partial charge in [-0.1, -0.05) is 60.7 Å². The standard InChI is InChI=1S/C27H28N2O4/c1-3-29(4-2)26(31)22-15-17-23(18-16-22)28-24(30)19-33-27(32)25(20-11-7-5-8-12-20)21-13-9-6-10-14-21/h5-18,25H,3-4,19H2,1-2H3,(H,28,30). The van der Waals surface area contributed by atoms with Crippen molar-refractivity contribution in [1.29, 1.82) is 0 Å². The van der Waals surface area contributed by atoms with Crippen LogP contribution < -0.4 is 5.32 Å². The average molecular weight is 445 g/mol. The quantitative estimate of drug-likeness (QED) is 0.494. The van der Waals surface area contributed by atoms with Crippen molar-refractivity contribution in [3.63, 3.8) is 0 Å². The van der Waals surface area contributed by atoms with Crippen molar-refractivity contribution in [1.82, 2.24) is 4.90 Å². The molecular weight excluding hydrogens is 416 g/mol. The van der Waals surface area contributed by atoms with Gasteiger partial charge in [0.25, 0.3) is 11.8 Å². The van der Waals surface area contributed by atoms with Gasteiger partial charge in [-0.15, -0.1) is 0 Å². The third-order valence-electron chi connectivity index (χ3n) is 5.31. The van der Waals surface area contributed by atoms with E-state index in [-0.39, 0.29) is 5.91 Å². The number of hydrogen-bond donors (Lipinski definition) is 1. The lowest BCUT2D eigenvalue weighted by atomic mass is 9.91. The number of nitrogens with zero attached hydrogens (tertiary/aromatic N) is 1. The summed E-state index contributed by atoms with van der Waals surface area (Å²) in [6.07, 6.45) is 0. The smallest absolute Gasteiger partial charge is 0.318 e. The van der Waals surface area contributed by atoms with Gasteiger partial charge in [0.2, 0.25) is 0 Å². The van der Waals surface area contributed by atoms with E-state index in [1.165, 1.54) is 0 Å². The van der Waals surface area contributed by atoms with Gasteiger partial charge in [0, 0.05) is 24.3 Å². The molecule has 0 unspecified atom stereocenters. The Bertz CT molecular complexity index is 1020. The Morgan fingerprint density at radius 1 is 0.788 bits per heavy atom. The van der Waals surface area contributed by atoms with E-state index in [0.29, 0.717) is 24.3 Å². The highest BCUT2D eigenvalue weighted by Crippen LogP contribution is 2.26. The van der Waals surface area contributed by atoms with E-state index in [0.717, 1.165) is 11.1 Å². The van der Waals surface area contributed by atoms with Crippen LogP contribution >= 0.6 is 0 Å². The number of benzene rings is 3. The summed E-state index contributed by atoms with van der Waals surface area (Å²) in [6, 6.07) is 25.3. The molecule has 3 rings (SSSR count). The molecule has 6 heteroatoms. The lowest BCUT2D eigenvalue weighted by molar-refractivity contribution is -0.147. The van der Waals surface area contributed by atoms with Crippen LogP contribution in [0.3, 0.4) is 0 Å². The fourth-order valence-corrected chi connectivity index (χ4v) is 3.56. The molecule has 0 aliphatic heterocycles. The van der Waals surface area contributed by atoms with Gasteiger partial charge in [-0.3, -0.25) is 14.4 Å². The zero-order valence-electron chi connectivity index (χ0n) is 18.9. The van der Waals surface area contributed by atoms with E-state index < -0.39 is 24.4 Å². The molecule has 6 nitrogen and oxygen atoms in total. The summed E-state index contributed by atoms with van der Waals surface area (Å²) >= 11 is 0. The number of amides is 2. The minimum Gasteiger partial charge on any atom is -0.455 e. The molecule has 2 amide bonds. The summed E-state index contributed by atoms with van der Waals surface area (Å²) in [7, 11) is 0. The predicted molar refractivity (Wildman–Crippen MR) is 128 cm³/mol. The molecule has 0 aromatic heterocycles. The molecule has 0 saturated carbocycles. The second kappa shape index (κ2) is 11.6. The molecule has 0 saturated heterocycles. The summed E-state index contributed by atoms with van der Waals surface area (Å²) in [4.78, 5) is 39.4. The highest BCUT2D eigenvalue weighted by atomic mass is 16.5. The minimum absolute atomic E-state index is 0.0559. The maximum atomic E-state index is 12.9. The normalized spacial score (nSPS) is 10.5. The van der Waals surface area contributed by atoms with Gasteiger partial charge in [0.05, 0.1) is 0 Å². The lowest BCUT2D eigenvalue weighted by Gasteiger charge is -2.18. The first-order chi connectivity index (χ1) is 16.0. The summed E-state index contributed by atoms with van der Waals surface area (Å²) in [5.41, 5.74) is 2.66. The number of nitrogens with one attached hydrogen (secondary N) is 1. The third kappa shape index (κ3) is 6.29. The van der Waals surface area contributed by atoms with Crippen molar-refractivity contribution < 1.29 is 19.1 Å². The lowest BCUT2D eigenvalue weighted by Crippen LogP contribution is -2.30. The van der Waals surface area contributed by atoms with E-state index in [1.807, 2.05) is 74.5 Å². The van der Waals surface area contributed by atoms with Crippen molar-refractivity contribution in [2.24, 2.45) is 0 Å². The van der Waals surface area contributed by atoms with Crippen LogP contribution in [-0.4, -0.2) is 42.4 Å². The van der Waals surface area contributed by atoms with Crippen LogP contribution in [0.25, 0.3) is 0 Å². The Hall–Kier alpha value is -3.93. The number of rotatable bonds is 9. The Balaban J connectivity index is 1.61. The van der Waals surface area contributed by atoms with Gasteiger partial charge in [-0.2, -0.15) is 0 Å². The first kappa shape index (κ1) is 23.7. The molecular formula is C27H28N2O4. The number of anilines is 1. The second-order valence-electron chi connectivity index (χ2n) is 7.47. The summed E-state index contributed by atoms with van der Waals surface area (Å²) in [5, 5.41) is 2.70. The largest absolute Gasteiger partial charge is 0.455 e. The zero-order valence-corrected chi connectivity index (χ0v) is 18.9. The predicted octanol–water partition coefficient (Wildman–Crippen LogP) is 4.48. The molecule has 170 valence electrons. The molecule has 3 aromatic carbocycles. The molecule has 0 radical (unpaired) electrons. The molecule has 0 aliphatic carbocycles.